The normalized spacial score (nSPS) is 27.8. The van der Waals surface area contributed by atoms with Crippen molar-refractivity contribution in [2.75, 3.05) is 26.7 Å². The zero-order valence-electron chi connectivity index (χ0n) is 16.7. The second-order valence-corrected chi connectivity index (χ2v) is 7.73. The van der Waals surface area contributed by atoms with Gasteiger partial charge in [-0.2, -0.15) is 5.10 Å². The van der Waals surface area contributed by atoms with Crippen molar-refractivity contribution in [3.8, 4) is 0 Å². The van der Waals surface area contributed by atoms with E-state index in [-0.39, 0.29) is 23.5 Å². The Bertz CT molecular complexity index is 605. The minimum atomic E-state index is 0.0266. The van der Waals surface area contributed by atoms with E-state index in [1.54, 1.807) is 0 Å². The molecular weight excluding hydrogens is 328 g/mol. The molecular formula is C20H34N4O2. The Kier molecular flexibility index (Phi) is 6.03. The fourth-order valence-electron chi connectivity index (χ4n) is 4.92. The first-order valence-electron chi connectivity index (χ1n) is 10.2. The third-order valence-electron chi connectivity index (χ3n) is 6.69. The van der Waals surface area contributed by atoms with E-state index in [9.17, 15) is 4.79 Å². The first-order chi connectivity index (χ1) is 12.6. The molecule has 3 rings (SSSR count). The lowest BCUT2D eigenvalue weighted by Gasteiger charge is -2.58. The van der Waals surface area contributed by atoms with Gasteiger partial charge in [-0.1, -0.05) is 13.8 Å². The average molecular weight is 363 g/mol. The summed E-state index contributed by atoms with van der Waals surface area (Å²) >= 11 is 0. The SMILES string of the molecule is CCOC1CC(N(C)C(=O)c2ccn(C3CCCNC3)n2)C1(CC)CC. The van der Waals surface area contributed by atoms with Crippen LogP contribution in [-0.4, -0.2) is 59.5 Å². The molecule has 2 heterocycles. The summed E-state index contributed by atoms with van der Waals surface area (Å²) < 4.78 is 7.92. The van der Waals surface area contributed by atoms with Gasteiger partial charge in [-0.25, -0.2) is 0 Å². The molecule has 1 aromatic rings. The number of amides is 1. The van der Waals surface area contributed by atoms with E-state index < -0.39 is 0 Å². The van der Waals surface area contributed by atoms with Gasteiger partial charge in [-0.05, 0) is 51.6 Å². The summed E-state index contributed by atoms with van der Waals surface area (Å²) in [5.74, 6) is 0.0266. The molecule has 0 spiro atoms. The number of rotatable bonds is 7. The van der Waals surface area contributed by atoms with Gasteiger partial charge in [-0.15, -0.1) is 0 Å². The van der Waals surface area contributed by atoms with Gasteiger partial charge in [-0.3, -0.25) is 9.48 Å². The van der Waals surface area contributed by atoms with Crippen LogP contribution in [0.2, 0.25) is 0 Å². The molecule has 6 heteroatoms. The van der Waals surface area contributed by atoms with Crippen molar-refractivity contribution in [2.45, 2.75) is 71.1 Å². The van der Waals surface area contributed by atoms with Crippen LogP contribution in [0.25, 0.3) is 0 Å². The average Bonchev–Trinajstić information content (AvgIpc) is 3.16. The van der Waals surface area contributed by atoms with Gasteiger partial charge in [0.1, 0.15) is 5.69 Å². The Morgan fingerprint density at radius 1 is 1.42 bits per heavy atom. The van der Waals surface area contributed by atoms with Crippen molar-refractivity contribution in [2.24, 2.45) is 5.41 Å². The Labute approximate surface area is 157 Å². The van der Waals surface area contributed by atoms with Crippen LogP contribution < -0.4 is 5.32 Å². The molecule has 6 nitrogen and oxygen atoms in total. The number of nitrogens with zero attached hydrogens (tertiary/aromatic N) is 3. The van der Waals surface area contributed by atoms with Crippen LogP contribution in [0, 0.1) is 5.41 Å². The molecule has 3 atom stereocenters. The molecule has 2 aliphatic rings. The van der Waals surface area contributed by atoms with E-state index in [1.165, 1.54) is 0 Å². The number of piperidine rings is 1. The monoisotopic (exact) mass is 362 g/mol. The van der Waals surface area contributed by atoms with Gasteiger partial charge in [0.15, 0.2) is 0 Å². The summed E-state index contributed by atoms with van der Waals surface area (Å²) in [7, 11) is 1.93. The number of hydrogen-bond acceptors (Lipinski definition) is 4. The third kappa shape index (κ3) is 3.29. The summed E-state index contributed by atoms with van der Waals surface area (Å²) in [5.41, 5.74) is 0.620. The van der Waals surface area contributed by atoms with E-state index in [1.807, 2.05) is 35.8 Å². The molecule has 1 aromatic heterocycles. The Balaban J connectivity index is 1.70. The number of carbonyl (C=O) groups excluding carboxylic acids is 1. The van der Waals surface area contributed by atoms with Crippen molar-refractivity contribution in [3.05, 3.63) is 18.0 Å². The molecule has 146 valence electrons. The fourth-order valence-corrected chi connectivity index (χ4v) is 4.92. The minimum Gasteiger partial charge on any atom is -0.378 e. The molecule has 1 N–H and O–H groups in total. The fraction of sp³-hybridized carbons (Fsp3) is 0.800. The van der Waals surface area contributed by atoms with E-state index in [0.29, 0.717) is 11.7 Å². The highest BCUT2D eigenvalue weighted by atomic mass is 16.5. The number of ether oxygens (including phenoxy) is 1. The molecule has 1 saturated carbocycles. The first-order valence-corrected chi connectivity index (χ1v) is 10.2. The van der Waals surface area contributed by atoms with Crippen molar-refractivity contribution >= 4 is 5.91 Å². The van der Waals surface area contributed by atoms with Gasteiger partial charge in [0.05, 0.1) is 12.1 Å². The van der Waals surface area contributed by atoms with E-state index in [0.717, 1.165) is 51.8 Å². The number of carbonyl (C=O) groups is 1. The van der Waals surface area contributed by atoms with Gasteiger partial charge in [0.2, 0.25) is 0 Å². The lowest BCUT2D eigenvalue weighted by Crippen LogP contribution is -2.64. The lowest BCUT2D eigenvalue weighted by atomic mass is 9.58. The van der Waals surface area contributed by atoms with Gasteiger partial charge < -0.3 is 15.0 Å². The summed E-state index contributed by atoms with van der Waals surface area (Å²) in [6, 6.07) is 2.45. The van der Waals surface area contributed by atoms with Crippen molar-refractivity contribution in [1.29, 1.82) is 0 Å². The molecule has 3 unspecified atom stereocenters. The van der Waals surface area contributed by atoms with Gasteiger partial charge in [0.25, 0.3) is 5.91 Å². The van der Waals surface area contributed by atoms with E-state index in [2.05, 4.69) is 24.3 Å². The largest absolute Gasteiger partial charge is 0.378 e. The van der Waals surface area contributed by atoms with Crippen LogP contribution >= 0.6 is 0 Å². The van der Waals surface area contributed by atoms with Crippen LogP contribution in [0.15, 0.2) is 12.3 Å². The van der Waals surface area contributed by atoms with Crippen LogP contribution in [0.4, 0.5) is 0 Å². The molecule has 1 aliphatic carbocycles. The Morgan fingerprint density at radius 3 is 2.81 bits per heavy atom. The topological polar surface area (TPSA) is 59.4 Å². The summed E-state index contributed by atoms with van der Waals surface area (Å²) in [6.07, 6.45) is 7.46. The molecule has 26 heavy (non-hydrogen) atoms. The molecule has 2 fully saturated rings. The maximum Gasteiger partial charge on any atom is 0.274 e. The number of hydrogen-bond donors (Lipinski definition) is 1. The zero-order valence-corrected chi connectivity index (χ0v) is 16.7. The zero-order chi connectivity index (χ0) is 18.7. The second kappa shape index (κ2) is 8.09. The highest BCUT2D eigenvalue weighted by molar-refractivity contribution is 5.92. The number of nitrogens with one attached hydrogen (secondary N) is 1. The maximum atomic E-state index is 13.1. The first kappa shape index (κ1) is 19.4. The molecule has 0 bridgehead atoms. The van der Waals surface area contributed by atoms with Crippen molar-refractivity contribution in [1.82, 2.24) is 20.0 Å². The highest BCUT2D eigenvalue weighted by Crippen LogP contribution is 2.51. The summed E-state index contributed by atoms with van der Waals surface area (Å²) in [5, 5.41) is 8.01. The molecule has 1 saturated heterocycles. The van der Waals surface area contributed by atoms with Crippen LogP contribution in [0.1, 0.15) is 69.4 Å². The molecule has 0 aromatic carbocycles. The van der Waals surface area contributed by atoms with E-state index >= 15 is 0 Å². The lowest BCUT2D eigenvalue weighted by molar-refractivity contribution is -0.159. The second-order valence-electron chi connectivity index (χ2n) is 7.73. The predicted molar refractivity (Wildman–Crippen MR) is 102 cm³/mol. The minimum absolute atomic E-state index is 0.0266. The standard InChI is InChI=1S/C20H34N4O2/c1-5-20(6-2)17(13-18(20)26-7-3)23(4)19(25)16-10-12-24(22-16)15-9-8-11-21-14-15/h10,12,15,17-18,21H,5-9,11,13-14H2,1-4H3. The number of aromatic nitrogens is 2. The van der Waals surface area contributed by atoms with Crippen LogP contribution in [-0.2, 0) is 4.74 Å². The summed E-state index contributed by atoms with van der Waals surface area (Å²) in [6.45, 7) is 9.21. The van der Waals surface area contributed by atoms with Gasteiger partial charge >= 0.3 is 0 Å². The third-order valence-corrected chi connectivity index (χ3v) is 6.69. The predicted octanol–water partition coefficient (Wildman–Crippen LogP) is 2.86. The molecule has 0 radical (unpaired) electrons. The van der Waals surface area contributed by atoms with E-state index in [4.69, 9.17) is 4.74 Å². The quantitative estimate of drug-likeness (QED) is 0.810. The Morgan fingerprint density at radius 2 is 2.19 bits per heavy atom. The smallest absolute Gasteiger partial charge is 0.274 e. The van der Waals surface area contributed by atoms with Crippen molar-refractivity contribution in [3.63, 3.8) is 0 Å². The van der Waals surface area contributed by atoms with Crippen LogP contribution in [0.3, 0.4) is 0 Å². The van der Waals surface area contributed by atoms with Crippen LogP contribution in [0.5, 0.6) is 0 Å². The maximum absolute atomic E-state index is 13.1. The molecule has 1 amide bonds. The summed E-state index contributed by atoms with van der Waals surface area (Å²) in [4.78, 5) is 15.0. The highest BCUT2D eigenvalue weighted by Gasteiger charge is 2.55. The molecule has 1 aliphatic heterocycles. The Hall–Kier alpha value is -1.40. The van der Waals surface area contributed by atoms with Crippen molar-refractivity contribution < 1.29 is 9.53 Å². The van der Waals surface area contributed by atoms with Gasteiger partial charge in [0, 0.05) is 37.9 Å².